The van der Waals surface area contributed by atoms with Crippen molar-refractivity contribution in [2.45, 2.75) is 36.5 Å². The van der Waals surface area contributed by atoms with Crippen molar-refractivity contribution in [3.8, 4) is 5.75 Å². The molecule has 0 aliphatic heterocycles. The van der Waals surface area contributed by atoms with Crippen molar-refractivity contribution in [1.82, 2.24) is 0 Å². The summed E-state index contributed by atoms with van der Waals surface area (Å²) in [6.07, 6.45) is 0.0802. The second-order valence-electron chi connectivity index (χ2n) is 7.95. The first kappa shape index (κ1) is 26.0. The minimum absolute atomic E-state index is 0.0862. The summed E-state index contributed by atoms with van der Waals surface area (Å²) in [6, 6.07) is 5.09. The average molecular weight is 599 g/mol. The highest BCUT2D eigenvalue weighted by Crippen LogP contribution is 2.49. The summed E-state index contributed by atoms with van der Waals surface area (Å²) in [7, 11) is 0.0965. The van der Waals surface area contributed by atoms with Gasteiger partial charge in [0.1, 0.15) is 11.6 Å². The number of methoxy groups -OCH3 is 3. The van der Waals surface area contributed by atoms with Gasteiger partial charge < -0.3 is 14.2 Å². The molecular weight excluding hydrogens is 574 g/mol. The third-order valence-corrected chi connectivity index (χ3v) is 8.64. The Hall–Kier alpha value is -1.57. The van der Waals surface area contributed by atoms with Crippen LogP contribution < -0.4 is 9.46 Å². The van der Waals surface area contributed by atoms with E-state index in [-0.39, 0.29) is 42.0 Å². The van der Waals surface area contributed by atoms with Crippen molar-refractivity contribution in [1.29, 1.82) is 0 Å². The van der Waals surface area contributed by atoms with Crippen LogP contribution in [0.25, 0.3) is 0 Å². The molecule has 1 aliphatic rings. The molecule has 2 aromatic rings. The number of hydrogen-bond donors (Lipinski definition) is 1. The molecule has 1 saturated carbocycles. The van der Waals surface area contributed by atoms with Gasteiger partial charge in [0.15, 0.2) is 11.6 Å². The van der Waals surface area contributed by atoms with Gasteiger partial charge in [-0.05, 0) is 59.5 Å². The zero-order valence-electron chi connectivity index (χ0n) is 18.4. The molecule has 1 fully saturated rings. The van der Waals surface area contributed by atoms with E-state index in [1.807, 2.05) is 22.6 Å². The zero-order chi connectivity index (χ0) is 24.4. The first-order valence-corrected chi connectivity index (χ1v) is 12.7. The summed E-state index contributed by atoms with van der Waals surface area (Å²) >= 11 is 1.93. The van der Waals surface area contributed by atoms with Gasteiger partial charge in [-0.15, -0.1) is 0 Å². The highest BCUT2D eigenvalue weighted by molar-refractivity contribution is 14.1. The maximum absolute atomic E-state index is 14.9. The standard InChI is InChI=1S/C22H25F3INO5S/c1-30-12-15(31-2)11-22(6-7-22)33(28,29)27-21-16(20(25)18(24)10-19(21)32-3)8-13-4-5-14(26)9-17(13)23/h4-5,9-10,15,27H,6-8,11-12H2,1-3H3/t15-/m0/s1. The van der Waals surface area contributed by atoms with Crippen LogP contribution in [0.3, 0.4) is 0 Å². The molecule has 11 heteroatoms. The monoisotopic (exact) mass is 599 g/mol. The Kier molecular flexibility index (Phi) is 8.18. The van der Waals surface area contributed by atoms with Gasteiger partial charge in [-0.1, -0.05) is 6.07 Å². The molecule has 0 heterocycles. The van der Waals surface area contributed by atoms with Crippen molar-refractivity contribution in [2.24, 2.45) is 0 Å². The van der Waals surface area contributed by atoms with Gasteiger partial charge in [0.05, 0.1) is 30.3 Å². The van der Waals surface area contributed by atoms with Gasteiger partial charge in [-0.25, -0.2) is 21.6 Å². The maximum atomic E-state index is 14.9. The van der Waals surface area contributed by atoms with Crippen LogP contribution in [-0.2, 0) is 25.9 Å². The molecule has 3 rings (SSSR count). The predicted octanol–water partition coefficient (Wildman–Crippen LogP) is 4.63. The quantitative estimate of drug-likeness (QED) is 0.382. The second kappa shape index (κ2) is 10.4. The molecule has 182 valence electrons. The van der Waals surface area contributed by atoms with Gasteiger partial charge in [-0.3, -0.25) is 4.72 Å². The molecule has 0 radical (unpaired) electrons. The molecule has 1 atom stereocenters. The van der Waals surface area contributed by atoms with Gasteiger partial charge in [0.25, 0.3) is 0 Å². The van der Waals surface area contributed by atoms with E-state index >= 15 is 0 Å². The lowest BCUT2D eigenvalue weighted by atomic mass is 10.0. The number of rotatable bonds is 11. The molecule has 1 N–H and O–H groups in total. The van der Waals surface area contributed by atoms with Crippen molar-refractivity contribution >= 4 is 38.3 Å². The summed E-state index contributed by atoms with van der Waals surface area (Å²) in [5.41, 5.74) is -0.504. The second-order valence-corrected chi connectivity index (χ2v) is 11.3. The molecule has 1 aliphatic carbocycles. The number of ether oxygens (including phenoxy) is 3. The van der Waals surface area contributed by atoms with Crippen LogP contribution in [-0.4, -0.2) is 47.2 Å². The number of benzene rings is 2. The van der Waals surface area contributed by atoms with Gasteiger partial charge in [0.2, 0.25) is 10.0 Å². The van der Waals surface area contributed by atoms with Crippen molar-refractivity contribution in [3.63, 3.8) is 0 Å². The Morgan fingerprint density at radius 1 is 1.12 bits per heavy atom. The molecule has 0 amide bonds. The number of hydrogen-bond acceptors (Lipinski definition) is 5. The number of halogens is 4. The molecule has 33 heavy (non-hydrogen) atoms. The minimum Gasteiger partial charge on any atom is -0.494 e. The lowest BCUT2D eigenvalue weighted by Crippen LogP contribution is -2.35. The van der Waals surface area contributed by atoms with Crippen LogP contribution in [0, 0.1) is 21.0 Å². The highest BCUT2D eigenvalue weighted by Gasteiger charge is 2.56. The molecule has 2 aromatic carbocycles. The molecule has 0 unspecified atom stereocenters. The summed E-state index contributed by atoms with van der Waals surface area (Å²) < 4.78 is 87.9. The van der Waals surface area contributed by atoms with Crippen LogP contribution in [0.1, 0.15) is 30.4 Å². The normalized spacial score (nSPS) is 15.8. The Morgan fingerprint density at radius 2 is 1.82 bits per heavy atom. The molecule has 0 saturated heterocycles. The topological polar surface area (TPSA) is 73.9 Å². The molecule has 0 spiro atoms. The summed E-state index contributed by atoms with van der Waals surface area (Å²) in [5.74, 6) is -3.31. The van der Waals surface area contributed by atoms with Crippen LogP contribution in [0.5, 0.6) is 5.75 Å². The van der Waals surface area contributed by atoms with Crippen molar-refractivity contribution < 1.29 is 35.8 Å². The first-order valence-electron chi connectivity index (χ1n) is 10.1. The van der Waals surface area contributed by atoms with Gasteiger partial charge in [0, 0.05) is 35.8 Å². The van der Waals surface area contributed by atoms with Crippen LogP contribution in [0.15, 0.2) is 24.3 Å². The molecule has 0 bridgehead atoms. The SMILES string of the molecule is COC[C@H](CC1(S(=O)(=O)Nc2c(OC)cc(F)c(F)c2Cc2ccc(I)cc2F)CC1)OC. The van der Waals surface area contributed by atoms with Crippen LogP contribution in [0.4, 0.5) is 18.9 Å². The van der Waals surface area contributed by atoms with E-state index in [9.17, 15) is 21.6 Å². The van der Waals surface area contributed by atoms with Crippen molar-refractivity contribution in [3.05, 3.63) is 56.4 Å². The third-order valence-electron chi connectivity index (χ3n) is 5.78. The van der Waals surface area contributed by atoms with Crippen molar-refractivity contribution in [2.75, 3.05) is 32.7 Å². The number of nitrogens with one attached hydrogen (secondary N) is 1. The van der Waals surface area contributed by atoms with E-state index in [1.54, 1.807) is 6.07 Å². The smallest absolute Gasteiger partial charge is 0.238 e. The largest absolute Gasteiger partial charge is 0.494 e. The van der Waals surface area contributed by atoms with E-state index in [1.165, 1.54) is 33.5 Å². The summed E-state index contributed by atoms with van der Waals surface area (Å²) in [4.78, 5) is 0. The molecule has 0 aromatic heterocycles. The Balaban J connectivity index is 2.02. The highest BCUT2D eigenvalue weighted by atomic mass is 127. The number of sulfonamides is 1. The fourth-order valence-electron chi connectivity index (χ4n) is 3.72. The first-order chi connectivity index (χ1) is 15.6. The Morgan fingerprint density at radius 3 is 2.36 bits per heavy atom. The fraction of sp³-hybridized carbons (Fsp3) is 0.455. The fourth-order valence-corrected chi connectivity index (χ4v) is 5.93. The van der Waals surface area contributed by atoms with Crippen LogP contribution >= 0.6 is 22.6 Å². The van der Waals surface area contributed by atoms with E-state index in [0.29, 0.717) is 16.4 Å². The van der Waals surface area contributed by atoms with E-state index in [0.717, 1.165) is 6.07 Å². The molecular formula is C22H25F3INO5S. The predicted molar refractivity (Wildman–Crippen MR) is 127 cm³/mol. The van der Waals surface area contributed by atoms with E-state index in [2.05, 4.69) is 4.72 Å². The van der Waals surface area contributed by atoms with E-state index in [4.69, 9.17) is 14.2 Å². The van der Waals surface area contributed by atoms with Gasteiger partial charge >= 0.3 is 0 Å². The Bertz CT molecular complexity index is 1130. The lowest BCUT2D eigenvalue weighted by molar-refractivity contribution is 0.0218. The Labute approximate surface area is 205 Å². The maximum Gasteiger partial charge on any atom is 0.238 e. The van der Waals surface area contributed by atoms with Crippen LogP contribution in [0.2, 0.25) is 0 Å². The third kappa shape index (κ3) is 5.57. The molecule has 6 nitrogen and oxygen atoms in total. The lowest BCUT2D eigenvalue weighted by Gasteiger charge is -2.24. The minimum atomic E-state index is -4.07. The summed E-state index contributed by atoms with van der Waals surface area (Å²) in [5, 5.41) is 0. The number of anilines is 1. The zero-order valence-corrected chi connectivity index (χ0v) is 21.4. The van der Waals surface area contributed by atoms with Gasteiger partial charge in [-0.2, -0.15) is 0 Å². The summed E-state index contributed by atoms with van der Waals surface area (Å²) in [6.45, 7) is 0.208. The van der Waals surface area contributed by atoms with E-state index < -0.39 is 38.3 Å². The average Bonchev–Trinajstić information content (AvgIpc) is 3.55.